The Morgan fingerprint density at radius 2 is 1.86 bits per heavy atom. The van der Waals surface area contributed by atoms with Gasteiger partial charge in [0.05, 0.1) is 12.2 Å². The van der Waals surface area contributed by atoms with E-state index in [0.29, 0.717) is 30.3 Å². The molecule has 0 bridgehead atoms. The maximum Gasteiger partial charge on any atom is 0.267 e. The highest BCUT2D eigenvalue weighted by Gasteiger charge is 2.32. The summed E-state index contributed by atoms with van der Waals surface area (Å²) in [6.07, 6.45) is -0.572. The van der Waals surface area contributed by atoms with Gasteiger partial charge in [0.15, 0.2) is 6.10 Å². The number of hydrogen-bond acceptors (Lipinski definition) is 4. The van der Waals surface area contributed by atoms with E-state index in [2.05, 4.69) is 5.32 Å². The molecule has 1 unspecified atom stereocenters. The van der Waals surface area contributed by atoms with Crippen molar-refractivity contribution in [3.05, 3.63) is 48.0 Å². The molecule has 0 saturated carbocycles. The fourth-order valence-corrected chi connectivity index (χ4v) is 2.92. The van der Waals surface area contributed by atoms with Gasteiger partial charge in [0.25, 0.3) is 5.91 Å². The van der Waals surface area contributed by atoms with Crippen LogP contribution in [-0.2, 0) is 9.59 Å². The number of rotatable bonds is 5. The van der Waals surface area contributed by atoms with Gasteiger partial charge in [-0.2, -0.15) is 0 Å². The van der Waals surface area contributed by atoms with Crippen molar-refractivity contribution in [1.82, 2.24) is 0 Å². The van der Waals surface area contributed by atoms with Crippen molar-refractivity contribution in [3.8, 4) is 11.5 Å². The normalized spacial score (nSPS) is 16.1. The highest BCUT2D eigenvalue weighted by Crippen LogP contribution is 2.36. The molecule has 1 atom stereocenters. The molecule has 0 spiro atoms. The van der Waals surface area contributed by atoms with Gasteiger partial charge in [-0.05, 0) is 44.2 Å². The molecule has 2 aromatic carbocycles. The largest absolute Gasteiger partial charge is 0.492 e. The number of anilines is 2. The third kappa shape index (κ3) is 4.88. The molecule has 1 aliphatic heterocycles. The number of aryl methyl sites for hydroxylation is 1. The first-order valence-electron chi connectivity index (χ1n) is 9.78. The minimum Gasteiger partial charge on any atom is -0.492 e. The van der Waals surface area contributed by atoms with Gasteiger partial charge in [0, 0.05) is 11.1 Å². The Bertz CT molecular complexity index is 900. The Morgan fingerprint density at radius 1 is 1.17 bits per heavy atom. The topological polar surface area (TPSA) is 67.9 Å². The molecule has 0 fully saturated rings. The minimum absolute atomic E-state index is 0.0943. The summed E-state index contributed by atoms with van der Waals surface area (Å²) in [4.78, 5) is 26.7. The lowest BCUT2D eigenvalue weighted by Crippen LogP contribution is -2.46. The molecule has 29 heavy (non-hydrogen) atoms. The van der Waals surface area contributed by atoms with Crippen LogP contribution in [0.25, 0.3) is 0 Å². The third-order valence-corrected chi connectivity index (χ3v) is 4.71. The van der Waals surface area contributed by atoms with E-state index in [4.69, 9.17) is 9.47 Å². The van der Waals surface area contributed by atoms with Crippen LogP contribution < -0.4 is 19.7 Å². The Balaban J connectivity index is 1.76. The Kier molecular flexibility index (Phi) is 5.82. The highest BCUT2D eigenvalue weighted by molar-refractivity contribution is 6.01. The lowest BCUT2D eigenvalue weighted by Gasteiger charge is -2.33. The SMILES string of the molecule is Cc1ccc(OCCN2C(=O)C(C)Oc3ccc(NC(=O)C(C)(C)C)cc32)cc1. The van der Waals surface area contributed by atoms with E-state index >= 15 is 0 Å². The summed E-state index contributed by atoms with van der Waals surface area (Å²) in [5.41, 5.74) is 1.90. The van der Waals surface area contributed by atoms with Gasteiger partial charge in [-0.3, -0.25) is 9.59 Å². The van der Waals surface area contributed by atoms with Gasteiger partial charge in [0.1, 0.15) is 18.1 Å². The molecule has 1 N–H and O–H groups in total. The molecule has 1 heterocycles. The first-order valence-corrected chi connectivity index (χ1v) is 9.78. The first-order chi connectivity index (χ1) is 13.6. The maximum absolute atomic E-state index is 12.7. The maximum atomic E-state index is 12.7. The molecule has 6 heteroatoms. The number of nitrogens with zero attached hydrogens (tertiary/aromatic N) is 1. The lowest BCUT2D eigenvalue weighted by molar-refractivity contribution is -0.125. The predicted molar refractivity (Wildman–Crippen MR) is 114 cm³/mol. The number of ether oxygens (including phenoxy) is 2. The van der Waals surface area contributed by atoms with E-state index in [-0.39, 0.29) is 11.8 Å². The lowest BCUT2D eigenvalue weighted by atomic mass is 9.95. The van der Waals surface area contributed by atoms with Crippen LogP contribution in [0.5, 0.6) is 11.5 Å². The summed E-state index contributed by atoms with van der Waals surface area (Å²) in [6, 6.07) is 13.1. The van der Waals surface area contributed by atoms with Gasteiger partial charge in [-0.15, -0.1) is 0 Å². The molecule has 3 rings (SSSR count). The number of hydrogen-bond donors (Lipinski definition) is 1. The standard InChI is InChI=1S/C23H28N2O4/c1-15-6-9-18(10-7-15)28-13-12-25-19-14-17(24-22(27)23(3,4)5)8-11-20(19)29-16(2)21(25)26/h6-11,14,16H,12-13H2,1-5H3,(H,24,27). The molecular formula is C23H28N2O4. The summed E-state index contributed by atoms with van der Waals surface area (Å²) in [6.45, 7) is 10.0. The van der Waals surface area contributed by atoms with Crippen LogP contribution >= 0.6 is 0 Å². The van der Waals surface area contributed by atoms with Gasteiger partial charge in [0.2, 0.25) is 5.91 Å². The molecule has 0 aromatic heterocycles. The van der Waals surface area contributed by atoms with E-state index in [0.717, 1.165) is 11.3 Å². The van der Waals surface area contributed by atoms with Gasteiger partial charge in [-0.1, -0.05) is 38.5 Å². The fraction of sp³-hybridized carbons (Fsp3) is 0.391. The number of amides is 2. The second kappa shape index (κ2) is 8.15. The average Bonchev–Trinajstić information content (AvgIpc) is 2.66. The summed E-state index contributed by atoms with van der Waals surface area (Å²) in [5, 5.41) is 2.90. The molecule has 2 aromatic rings. The zero-order valence-corrected chi connectivity index (χ0v) is 17.6. The van der Waals surface area contributed by atoms with Gasteiger partial charge < -0.3 is 19.7 Å². The molecule has 6 nitrogen and oxygen atoms in total. The van der Waals surface area contributed by atoms with Crippen LogP contribution in [0.3, 0.4) is 0 Å². The van der Waals surface area contributed by atoms with Crippen molar-refractivity contribution in [2.24, 2.45) is 5.41 Å². The molecule has 2 amide bonds. The smallest absolute Gasteiger partial charge is 0.267 e. The number of fused-ring (bicyclic) bond motifs is 1. The van der Waals surface area contributed by atoms with E-state index < -0.39 is 11.5 Å². The number of carbonyl (C=O) groups is 2. The molecule has 154 valence electrons. The van der Waals surface area contributed by atoms with Crippen LogP contribution in [0.4, 0.5) is 11.4 Å². The Morgan fingerprint density at radius 3 is 2.52 bits per heavy atom. The summed E-state index contributed by atoms with van der Waals surface area (Å²) in [5.74, 6) is 1.14. The van der Waals surface area contributed by atoms with Crippen molar-refractivity contribution < 1.29 is 19.1 Å². The molecule has 0 saturated heterocycles. The first kappa shape index (κ1) is 20.7. The van der Waals surface area contributed by atoms with E-state index in [1.165, 1.54) is 0 Å². The number of nitrogens with one attached hydrogen (secondary N) is 1. The summed E-state index contributed by atoms with van der Waals surface area (Å²) >= 11 is 0. The molecule has 1 aliphatic rings. The third-order valence-electron chi connectivity index (χ3n) is 4.71. The van der Waals surface area contributed by atoms with Crippen molar-refractivity contribution in [2.75, 3.05) is 23.4 Å². The second-order valence-electron chi connectivity index (χ2n) is 8.30. The summed E-state index contributed by atoms with van der Waals surface area (Å²) in [7, 11) is 0. The van der Waals surface area contributed by atoms with E-state index in [1.54, 1.807) is 30.0 Å². The number of benzene rings is 2. The number of carbonyl (C=O) groups excluding carboxylic acids is 2. The molecule has 0 radical (unpaired) electrons. The van der Waals surface area contributed by atoms with Gasteiger partial charge >= 0.3 is 0 Å². The van der Waals surface area contributed by atoms with Crippen molar-refractivity contribution in [1.29, 1.82) is 0 Å². The zero-order chi connectivity index (χ0) is 21.2. The van der Waals surface area contributed by atoms with Crippen LogP contribution in [-0.4, -0.2) is 31.1 Å². The van der Waals surface area contributed by atoms with Crippen LogP contribution in [0.15, 0.2) is 42.5 Å². The van der Waals surface area contributed by atoms with Crippen LogP contribution in [0.1, 0.15) is 33.3 Å². The average molecular weight is 396 g/mol. The van der Waals surface area contributed by atoms with Crippen molar-refractivity contribution in [2.45, 2.75) is 40.7 Å². The predicted octanol–water partition coefficient (Wildman–Crippen LogP) is 4.17. The van der Waals surface area contributed by atoms with Crippen LogP contribution in [0, 0.1) is 12.3 Å². The molecule has 0 aliphatic carbocycles. The molecular weight excluding hydrogens is 368 g/mol. The van der Waals surface area contributed by atoms with E-state index in [9.17, 15) is 9.59 Å². The highest BCUT2D eigenvalue weighted by atomic mass is 16.5. The van der Waals surface area contributed by atoms with Crippen molar-refractivity contribution >= 4 is 23.2 Å². The summed E-state index contributed by atoms with van der Waals surface area (Å²) < 4.78 is 11.5. The Hall–Kier alpha value is -3.02. The van der Waals surface area contributed by atoms with Crippen LogP contribution in [0.2, 0.25) is 0 Å². The second-order valence-corrected chi connectivity index (χ2v) is 8.30. The van der Waals surface area contributed by atoms with E-state index in [1.807, 2.05) is 52.0 Å². The zero-order valence-electron chi connectivity index (χ0n) is 17.6. The fourth-order valence-electron chi connectivity index (χ4n) is 2.92. The Labute approximate surface area is 171 Å². The minimum atomic E-state index is -0.572. The van der Waals surface area contributed by atoms with Gasteiger partial charge in [-0.25, -0.2) is 0 Å². The van der Waals surface area contributed by atoms with Crippen molar-refractivity contribution in [3.63, 3.8) is 0 Å². The monoisotopic (exact) mass is 396 g/mol. The quantitative estimate of drug-likeness (QED) is 0.824.